The van der Waals surface area contributed by atoms with E-state index in [1.54, 1.807) is 11.4 Å². The molecule has 0 radical (unpaired) electrons. The van der Waals surface area contributed by atoms with Crippen LogP contribution < -0.4 is 0 Å². The minimum Gasteiger partial charge on any atom is -0.266 e. The van der Waals surface area contributed by atoms with Crippen molar-refractivity contribution in [3.05, 3.63) is 20.8 Å². The van der Waals surface area contributed by atoms with E-state index in [-0.39, 0.29) is 5.91 Å². The number of amides is 1. The minimum absolute atomic E-state index is 0.345. The highest BCUT2D eigenvalue weighted by Gasteiger charge is 2.04. The Morgan fingerprint density at radius 2 is 2.55 bits per heavy atom. The predicted octanol–water partition coefficient (Wildman–Crippen LogP) is 2.75. The molecular formula is C6H2BrNOS2. The Balaban J connectivity index is 2.93. The molecule has 1 aromatic heterocycles. The number of carbonyl (C=O) groups is 1. The van der Waals surface area contributed by atoms with Crippen LogP contribution >= 0.6 is 39.5 Å². The first-order valence-electron chi connectivity index (χ1n) is 2.60. The fraction of sp³-hybridized carbons (Fsp3) is 0. The molecule has 0 aliphatic rings. The molecule has 0 bridgehead atoms. The molecule has 0 saturated heterocycles. The van der Waals surface area contributed by atoms with Gasteiger partial charge in [0.15, 0.2) is 0 Å². The molecule has 1 rings (SSSR count). The highest BCUT2D eigenvalue weighted by molar-refractivity contribution is 9.11. The largest absolute Gasteiger partial charge is 0.286 e. The lowest BCUT2D eigenvalue weighted by Gasteiger charge is -1.81. The molecule has 0 saturated carbocycles. The van der Waals surface area contributed by atoms with Gasteiger partial charge in [-0.3, -0.25) is 4.79 Å². The number of hydrogen-bond donors (Lipinski definition) is 0. The molecule has 0 spiro atoms. The molecule has 56 valence electrons. The van der Waals surface area contributed by atoms with E-state index in [4.69, 9.17) is 0 Å². The summed E-state index contributed by atoms with van der Waals surface area (Å²) in [5.41, 5.74) is 0.541. The van der Waals surface area contributed by atoms with Gasteiger partial charge in [-0.25, -0.2) is 0 Å². The second-order valence-corrected chi connectivity index (χ2v) is 4.12. The lowest BCUT2D eigenvalue weighted by molar-refractivity contribution is 0.100. The number of nitrogens with zero attached hydrogens (tertiary/aromatic N) is 1. The minimum atomic E-state index is -0.345. The van der Waals surface area contributed by atoms with E-state index in [1.165, 1.54) is 11.3 Å². The molecule has 1 heterocycles. The van der Waals surface area contributed by atoms with Gasteiger partial charge in [-0.05, 0) is 34.2 Å². The normalized spacial score (nSPS) is 8.82. The molecule has 0 aliphatic carbocycles. The third kappa shape index (κ3) is 2.31. The standard InChI is InChI=1S/C6H2BrNOS2/c7-5-1-4(2-11-5)6(9)8-3-10/h1-2H. The average molecular weight is 248 g/mol. The molecule has 2 nitrogen and oxygen atoms in total. The van der Waals surface area contributed by atoms with Gasteiger partial charge in [0.2, 0.25) is 0 Å². The fourth-order valence-corrected chi connectivity index (χ4v) is 1.74. The van der Waals surface area contributed by atoms with Crippen molar-refractivity contribution in [1.82, 2.24) is 0 Å². The summed E-state index contributed by atoms with van der Waals surface area (Å²) in [5.74, 6) is -0.345. The Morgan fingerprint density at radius 3 is 3.00 bits per heavy atom. The maximum absolute atomic E-state index is 10.9. The summed E-state index contributed by atoms with van der Waals surface area (Å²) in [6.45, 7) is 0. The van der Waals surface area contributed by atoms with Gasteiger partial charge in [0, 0.05) is 5.38 Å². The molecule has 0 unspecified atom stereocenters. The lowest BCUT2D eigenvalue weighted by atomic mass is 10.3. The number of hydrogen-bond acceptors (Lipinski definition) is 3. The van der Waals surface area contributed by atoms with Crippen molar-refractivity contribution < 1.29 is 4.79 Å². The summed E-state index contributed by atoms with van der Waals surface area (Å²) < 4.78 is 0.903. The molecular weight excluding hydrogens is 246 g/mol. The summed E-state index contributed by atoms with van der Waals surface area (Å²) in [6.07, 6.45) is 0. The van der Waals surface area contributed by atoms with Gasteiger partial charge in [0.1, 0.15) is 0 Å². The Kier molecular flexibility index (Phi) is 3.08. The third-order valence-electron chi connectivity index (χ3n) is 0.962. The summed E-state index contributed by atoms with van der Waals surface area (Å²) >= 11 is 8.95. The van der Waals surface area contributed by atoms with Crippen LogP contribution in [0.15, 0.2) is 20.2 Å². The molecule has 5 heteroatoms. The van der Waals surface area contributed by atoms with Crippen LogP contribution in [0.3, 0.4) is 0 Å². The van der Waals surface area contributed by atoms with Crippen LogP contribution in [-0.4, -0.2) is 11.1 Å². The molecule has 1 aromatic rings. The van der Waals surface area contributed by atoms with Gasteiger partial charge in [-0.2, -0.15) is 4.99 Å². The zero-order valence-corrected chi connectivity index (χ0v) is 8.42. The van der Waals surface area contributed by atoms with E-state index in [9.17, 15) is 4.79 Å². The predicted molar refractivity (Wildman–Crippen MR) is 51.4 cm³/mol. The average Bonchev–Trinajstić information content (AvgIpc) is 2.36. The van der Waals surface area contributed by atoms with Crippen LogP contribution in [0.5, 0.6) is 0 Å². The van der Waals surface area contributed by atoms with Gasteiger partial charge in [0.05, 0.1) is 14.5 Å². The quantitative estimate of drug-likeness (QED) is 0.565. The zero-order chi connectivity index (χ0) is 8.27. The maximum Gasteiger partial charge on any atom is 0.286 e. The van der Waals surface area contributed by atoms with Crippen LogP contribution in [0.4, 0.5) is 0 Å². The zero-order valence-electron chi connectivity index (χ0n) is 5.20. The van der Waals surface area contributed by atoms with Crippen molar-refractivity contribution in [3.8, 4) is 0 Å². The molecule has 11 heavy (non-hydrogen) atoms. The van der Waals surface area contributed by atoms with Crippen molar-refractivity contribution in [2.75, 3.05) is 0 Å². The van der Waals surface area contributed by atoms with Crippen LogP contribution in [0.2, 0.25) is 0 Å². The van der Waals surface area contributed by atoms with Crippen LogP contribution in [0.25, 0.3) is 0 Å². The number of thiocarbonyl (C=S) groups is 1. The highest BCUT2D eigenvalue weighted by atomic mass is 79.9. The second-order valence-electron chi connectivity index (χ2n) is 1.65. The molecule has 0 aliphatic heterocycles. The summed E-state index contributed by atoms with van der Waals surface area (Å²) in [5, 5.41) is 3.73. The van der Waals surface area contributed by atoms with E-state index in [0.29, 0.717) is 5.56 Å². The molecule has 0 N–H and O–H groups in total. The van der Waals surface area contributed by atoms with Crippen LogP contribution in [0.1, 0.15) is 10.4 Å². The van der Waals surface area contributed by atoms with Crippen molar-refractivity contribution in [2.24, 2.45) is 4.99 Å². The van der Waals surface area contributed by atoms with Gasteiger partial charge >= 0.3 is 0 Å². The van der Waals surface area contributed by atoms with Crippen molar-refractivity contribution >= 4 is 50.6 Å². The van der Waals surface area contributed by atoms with Crippen molar-refractivity contribution in [2.45, 2.75) is 0 Å². The Morgan fingerprint density at radius 1 is 1.82 bits per heavy atom. The second kappa shape index (κ2) is 3.88. The molecule has 1 amide bonds. The van der Waals surface area contributed by atoms with Crippen molar-refractivity contribution in [3.63, 3.8) is 0 Å². The number of carbonyl (C=O) groups excluding carboxylic acids is 1. The Bertz CT molecular complexity index is 327. The van der Waals surface area contributed by atoms with E-state index >= 15 is 0 Å². The molecule has 0 atom stereocenters. The van der Waals surface area contributed by atoms with E-state index in [1.807, 2.05) is 5.16 Å². The summed E-state index contributed by atoms with van der Waals surface area (Å²) in [4.78, 5) is 14.3. The van der Waals surface area contributed by atoms with Crippen LogP contribution in [0, 0.1) is 0 Å². The smallest absolute Gasteiger partial charge is 0.266 e. The van der Waals surface area contributed by atoms with Gasteiger partial charge in [-0.1, -0.05) is 0 Å². The molecule has 0 fully saturated rings. The van der Waals surface area contributed by atoms with Gasteiger partial charge in [0.25, 0.3) is 5.91 Å². The maximum atomic E-state index is 10.9. The van der Waals surface area contributed by atoms with Gasteiger partial charge in [-0.15, -0.1) is 11.3 Å². The monoisotopic (exact) mass is 247 g/mol. The number of rotatable bonds is 1. The number of thiophene rings is 1. The third-order valence-corrected chi connectivity index (χ3v) is 2.56. The first kappa shape index (κ1) is 8.74. The Labute approximate surface area is 81.1 Å². The van der Waals surface area contributed by atoms with Crippen LogP contribution in [-0.2, 0) is 0 Å². The first-order chi connectivity index (χ1) is 5.24. The summed E-state index contributed by atoms with van der Waals surface area (Å²) in [7, 11) is 0. The highest BCUT2D eigenvalue weighted by Crippen LogP contribution is 2.20. The van der Waals surface area contributed by atoms with E-state index in [2.05, 4.69) is 33.1 Å². The SMILES string of the molecule is O=C(N=C=S)c1csc(Br)c1. The first-order valence-corrected chi connectivity index (χ1v) is 4.68. The fourth-order valence-electron chi connectivity index (χ4n) is 0.528. The summed E-state index contributed by atoms with van der Waals surface area (Å²) in [6, 6.07) is 1.70. The van der Waals surface area contributed by atoms with E-state index < -0.39 is 0 Å². The molecule has 0 aromatic carbocycles. The Hall–Kier alpha value is -0.350. The lowest BCUT2D eigenvalue weighted by Crippen LogP contribution is -1.89. The van der Waals surface area contributed by atoms with Crippen molar-refractivity contribution in [1.29, 1.82) is 0 Å². The topological polar surface area (TPSA) is 29.4 Å². The number of isothiocyanates is 1. The number of aliphatic imine (C=N–C) groups is 1. The van der Waals surface area contributed by atoms with Gasteiger partial charge < -0.3 is 0 Å². The van der Waals surface area contributed by atoms with E-state index in [0.717, 1.165) is 3.79 Å². The number of halogens is 1.